The van der Waals surface area contributed by atoms with Crippen molar-refractivity contribution in [2.45, 2.75) is 0 Å². The van der Waals surface area contributed by atoms with E-state index < -0.39 is 14.4 Å². The Labute approximate surface area is 152 Å². The topological polar surface area (TPSA) is 25.8 Å². The predicted octanol–water partition coefficient (Wildman–Crippen LogP) is 7.37. The molecular formula is C22H14N2P2. The fraction of sp³-hybridized carbons (Fsp3) is 0. The number of nitrogens with zero attached hydrogens (tertiary/aromatic N) is 2. The Kier molecular flexibility index (Phi) is 3.02. The van der Waals surface area contributed by atoms with Crippen molar-refractivity contribution in [2.24, 2.45) is 0 Å². The molecule has 0 saturated carbocycles. The van der Waals surface area contributed by atoms with Gasteiger partial charge in [0.1, 0.15) is 0 Å². The fourth-order valence-electron chi connectivity index (χ4n) is 4.03. The number of hydrogen-bond acceptors (Lipinski definition) is 2. The maximum absolute atomic E-state index is 4.48. The van der Waals surface area contributed by atoms with Crippen LogP contribution in [0.25, 0.3) is 42.0 Å². The summed E-state index contributed by atoms with van der Waals surface area (Å²) in [5.74, 6) is 0. The van der Waals surface area contributed by atoms with Crippen molar-refractivity contribution in [3.05, 3.63) is 85.5 Å². The van der Waals surface area contributed by atoms with Gasteiger partial charge >= 0.3 is 0 Å². The van der Waals surface area contributed by atoms with Gasteiger partial charge in [0.15, 0.2) is 0 Å². The van der Waals surface area contributed by atoms with Crippen molar-refractivity contribution in [3.63, 3.8) is 0 Å². The lowest BCUT2D eigenvalue weighted by Crippen LogP contribution is -1.69. The second-order valence-corrected chi connectivity index (χ2v) is 12.0. The minimum absolute atomic E-state index is 0.466. The molecule has 2 aromatic carbocycles. The number of pyridine rings is 2. The molecular weight excluding hydrogens is 354 g/mol. The summed E-state index contributed by atoms with van der Waals surface area (Å²) in [5, 5.41) is 11.3. The van der Waals surface area contributed by atoms with Gasteiger partial charge < -0.3 is 0 Å². The molecule has 0 aliphatic rings. The van der Waals surface area contributed by atoms with Crippen molar-refractivity contribution >= 4 is 56.5 Å². The van der Waals surface area contributed by atoms with Gasteiger partial charge in [-0.2, -0.15) is 0 Å². The van der Waals surface area contributed by atoms with Crippen molar-refractivity contribution in [1.29, 1.82) is 0 Å². The molecule has 26 heavy (non-hydrogen) atoms. The molecule has 0 atom stereocenters. The minimum Gasteiger partial charge on any atom is -0.264 e. The predicted molar refractivity (Wildman–Crippen MR) is 115 cm³/mol. The van der Waals surface area contributed by atoms with E-state index in [9.17, 15) is 0 Å². The van der Waals surface area contributed by atoms with Gasteiger partial charge in [-0.15, -0.1) is 0 Å². The SMILES string of the molecule is c1ccc2c(c1)c1ccccc1p2-p1c2cnccc2c2ccncc21. The third-order valence-corrected chi connectivity index (χ3v) is 12.6. The second kappa shape index (κ2) is 5.42. The average molecular weight is 368 g/mol. The van der Waals surface area contributed by atoms with E-state index >= 15 is 0 Å². The Hall–Kier alpha value is -2.66. The molecule has 0 aliphatic heterocycles. The average Bonchev–Trinajstić information content (AvgIpc) is 3.21. The van der Waals surface area contributed by atoms with E-state index in [2.05, 4.69) is 83.0 Å². The summed E-state index contributed by atoms with van der Waals surface area (Å²) in [5.41, 5.74) is 0. The summed E-state index contributed by atoms with van der Waals surface area (Å²) in [6.07, 6.45) is 8.00. The number of rotatable bonds is 1. The Morgan fingerprint density at radius 2 is 0.885 bits per heavy atom. The first-order chi connectivity index (χ1) is 12.9. The van der Waals surface area contributed by atoms with Crippen molar-refractivity contribution in [2.75, 3.05) is 0 Å². The van der Waals surface area contributed by atoms with Crippen LogP contribution in [0.4, 0.5) is 0 Å². The molecule has 0 bridgehead atoms. The molecule has 0 amide bonds. The Balaban J connectivity index is 1.93. The number of fused-ring (bicyclic) bond motifs is 6. The fourth-order valence-corrected chi connectivity index (χ4v) is 12.5. The highest BCUT2D eigenvalue weighted by atomic mass is 32.0. The summed E-state index contributed by atoms with van der Waals surface area (Å²) in [6, 6.07) is 22.2. The monoisotopic (exact) mass is 368 g/mol. The number of hydrogen-bond donors (Lipinski definition) is 0. The normalized spacial score (nSPS) is 11.8. The molecule has 0 saturated heterocycles. The van der Waals surface area contributed by atoms with E-state index in [1.54, 1.807) is 0 Å². The van der Waals surface area contributed by atoms with Gasteiger partial charge in [-0.1, -0.05) is 50.8 Å². The van der Waals surface area contributed by atoms with Crippen LogP contribution >= 0.6 is 14.4 Å². The van der Waals surface area contributed by atoms with Crippen LogP contribution in [-0.4, -0.2) is 9.97 Å². The van der Waals surface area contributed by atoms with Crippen molar-refractivity contribution in [1.82, 2.24) is 9.97 Å². The highest BCUT2D eigenvalue weighted by Crippen LogP contribution is 2.71. The molecule has 0 N–H and O–H groups in total. The van der Waals surface area contributed by atoms with Gasteiger partial charge in [-0.05, 0) is 45.8 Å². The zero-order valence-electron chi connectivity index (χ0n) is 13.9. The molecule has 0 unspecified atom stereocenters. The highest BCUT2D eigenvalue weighted by Gasteiger charge is 2.19. The van der Waals surface area contributed by atoms with Gasteiger partial charge in [0, 0.05) is 45.3 Å². The summed E-state index contributed by atoms with van der Waals surface area (Å²) >= 11 is 0. The molecule has 0 fully saturated rings. The molecule has 4 heterocycles. The summed E-state index contributed by atoms with van der Waals surface area (Å²) in [4.78, 5) is 8.96. The Morgan fingerprint density at radius 1 is 0.462 bits per heavy atom. The van der Waals surface area contributed by atoms with Gasteiger partial charge in [-0.3, -0.25) is 9.97 Å². The zero-order chi connectivity index (χ0) is 17.1. The van der Waals surface area contributed by atoms with Crippen LogP contribution in [0.3, 0.4) is 0 Å². The molecule has 6 rings (SSSR count). The van der Waals surface area contributed by atoms with Crippen molar-refractivity contribution < 1.29 is 0 Å². The smallest absolute Gasteiger partial charge is 0.0392 e. The van der Waals surface area contributed by atoms with Crippen LogP contribution in [0.2, 0.25) is 0 Å². The van der Waals surface area contributed by atoms with Crippen LogP contribution in [0.1, 0.15) is 0 Å². The van der Waals surface area contributed by atoms with Crippen LogP contribution in [-0.2, 0) is 0 Å². The maximum Gasteiger partial charge on any atom is 0.0392 e. The van der Waals surface area contributed by atoms with E-state index in [0.29, 0.717) is 0 Å². The second-order valence-electron chi connectivity index (χ2n) is 6.44. The highest BCUT2D eigenvalue weighted by molar-refractivity contribution is 8.29. The van der Waals surface area contributed by atoms with Crippen molar-refractivity contribution in [3.8, 4) is 0 Å². The minimum atomic E-state index is -0.511. The zero-order valence-corrected chi connectivity index (χ0v) is 15.7. The third kappa shape index (κ3) is 1.84. The van der Waals surface area contributed by atoms with Gasteiger partial charge in [0.25, 0.3) is 0 Å². The number of benzene rings is 2. The third-order valence-electron chi connectivity index (χ3n) is 5.10. The Morgan fingerprint density at radius 3 is 1.42 bits per heavy atom. The summed E-state index contributed by atoms with van der Waals surface area (Å²) < 4.78 is 0. The molecule has 122 valence electrons. The van der Waals surface area contributed by atoms with E-state index in [1.807, 2.05) is 12.4 Å². The summed E-state index contributed by atoms with van der Waals surface area (Å²) in [7, 11) is -0.978. The maximum atomic E-state index is 4.48. The van der Waals surface area contributed by atoms with Crippen LogP contribution in [0.15, 0.2) is 85.5 Å². The van der Waals surface area contributed by atoms with E-state index in [4.69, 9.17) is 0 Å². The first-order valence-electron chi connectivity index (χ1n) is 8.60. The van der Waals surface area contributed by atoms with E-state index in [0.717, 1.165) is 0 Å². The van der Waals surface area contributed by atoms with Crippen LogP contribution < -0.4 is 0 Å². The molecule has 6 aromatic rings. The molecule has 4 aromatic heterocycles. The lowest BCUT2D eigenvalue weighted by atomic mass is 10.2. The molecule has 0 radical (unpaired) electrons. The molecule has 0 aliphatic carbocycles. The van der Waals surface area contributed by atoms with E-state index in [1.165, 1.54) is 42.0 Å². The quantitative estimate of drug-likeness (QED) is 0.303. The standard InChI is InChI=1S/C22H14N2P2/c1-3-7-19-15(5-1)16-6-2-4-8-20(16)25(19)26-21-13-23-11-9-17(21)18-10-12-24-14-22(18)26/h1-14H. The van der Waals surface area contributed by atoms with E-state index in [-0.39, 0.29) is 0 Å². The molecule has 0 spiro atoms. The van der Waals surface area contributed by atoms with Gasteiger partial charge in [0.05, 0.1) is 0 Å². The molecule has 2 nitrogen and oxygen atoms in total. The van der Waals surface area contributed by atoms with Crippen LogP contribution in [0, 0.1) is 0 Å². The largest absolute Gasteiger partial charge is 0.264 e. The first kappa shape index (κ1) is 14.5. The molecule has 4 heteroatoms. The van der Waals surface area contributed by atoms with Crippen LogP contribution in [0.5, 0.6) is 0 Å². The van der Waals surface area contributed by atoms with Gasteiger partial charge in [0.2, 0.25) is 0 Å². The summed E-state index contributed by atoms with van der Waals surface area (Å²) in [6.45, 7) is 0. The Bertz CT molecular complexity index is 1220. The lowest BCUT2D eigenvalue weighted by Gasteiger charge is -2.05. The first-order valence-corrected chi connectivity index (χ1v) is 12.0. The van der Waals surface area contributed by atoms with Gasteiger partial charge in [-0.25, -0.2) is 0 Å². The number of aromatic nitrogens is 2. The lowest BCUT2D eigenvalue weighted by molar-refractivity contribution is 1.37.